The number of hydrogen-bond acceptors (Lipinski definition) is 5. The minimum absolute atomic E-state index is 0.0226. The van der Waals surface area contributed by atoms with Crippen LogP contribution in [0.4, 0.5) is 10.1 Å². The van der Waals surface area contributed by atoms with Gasteiger partial charge in [-0.3, -0.25) is 9.59 Å². The Morgan fingerprint density at radius 3 is 2.52 bits per heavy atom. The number of carbonyl (C=O) groups is 2. The maximum atomic E-state index is 13.6. The van der Waals surface area contributed by atoms with Crippen molar-refractivity contribution >= 4 is 17.5 Å². The quantitative estimate of drug-likeness (QED) is 0.607. The second-order valence-electron chi connectivity index (χ2n) is 7.67. The SMILES string of the molecule is Cc1cc(NC(=O)C(Cc2cccc(F)c2)n2nnnc2C)ccc1C(=O)NC(C)C. The molecule has 0 radical (unpaired) electrons. The number of amides is 2. The topological polar surface area (TPSA) is 102 Å². The monoisotopic (exact) mass is 424 g/mol. The van der Waals surface area contributed by atoms with Gasteiger partial charge in [-0.15, -0.1) is 5.10 Å². The van der Waals surface area contributed by atoms with Crippen LogP contribution in [-0.2, 0) is 11.2 Å². The summed E-state index contributed by atoms with van der Waals surface area (Å²) in [6.45, 7) is 7.28. The summed E-state index contributed by atoms with van der Waals surface area (Å²) in [6, 6.07) is 10.4. The summed E-state index contributed by atoms with van der Waals surface area (Å²) in [5, 5.41) is 17.1. The van der Waals surface area contributed by atoms with Crippen molar-refractivity contribution in [1.29, 1.82) is 0 Å². The van der Waals surface area contributed by atoms with Gasteiger partial charge in [-0.05, 0) is 79.6 Å². The Hall–Kier alpha value is -3.62. The van der Waals surface area contributed by atoms with Crippen molar-refractivity contribution in [2.75, 3.05) is 5.32 Å². The molecule has 1 unspecified atom stereocenters. The molecule has 0 aliphatic rings. The lowest BCUT2D eigenvalue weighted by molar-refractivity contribution is -0.119. The summed E-state index contributed by atoms with van der Waals surface area (Å²) in [7, 11) is 0. The molecule has 0 spiro atoms. The molecule has 2 N–H and O–H groups in total. The van der Waals surface area contributed by atoms with Crippen LogP contribution in [0.2, 0.25) is 0 Å². The normalized spacial score (nSPS) is 11.9. The van der Waals surface area contributed by atoms with E-state index in [9.17, 15) is 14.0 Å². The van der Waals surface area contributed by atoms with E-state index in [1.165, 1.54) is 16.8 Å². The number of aryl methyl sites for hydroxylation is 2. The van der Waals surface area contributed by atoms with Gasteiger partial charge in [-0.1, -0.05) is 12.1 Å². The van der Waals surface area contributed by atoms with Crippen molar-refractivity contribution in [3.8, 4) is 0 Å². The summed E-state index contributed by atoms with van der Waals surface area (Å²) in [4.78, 5) is 25.4. The fourth-order valence-electron chi connectivity index (χ4n) is 3.27. The van der Waals surface area contributed by atoms with Gasteiger partial charge < -0.3 is 10.6 Å². The molecule has 2 amide bonds. The molecule has 3 aromatic rings. The lowest BCUT2D eigenvalue weighted by atomic mass is 10.0. The van der Waals surface area contributed by atoms with E-state index in [-0.39, 0.29) is 30.1 Å². The number of tetrazole rings is 1. The number of rotatable bonds is 7. The maximum Gasteiger partial charge on any atom is 0.251 e. The van der Waals surface area contributed by atoms with Crippen molar-refractivity contribution in [3.63, 3.8) is 0 Å². The van der Waals surface area contributed by atoms with Gasteiger partial charge >= 0.3 is 0 Å². The average molecular weight is 424 g/mol. The Labute approximate surface area is 179 Å². The first-order valence-electron chi connectivity index (χ1n) is 9.96. The second-order valence-corrected chi connectivity index (χ2v) is 7.67. The highest BCUT2D eigenvalue weighted by Crippen LogP contribution is 2.20. The number of anilines is 1. The number of benzene rings is 2. The molecular formula is C22H25FN6O2. The number of carbonyl (C=O) groups excluding carboxylic acids is 2. The molecule has 2 aromatic carbocycles. The van der Waals surface area contributed by atoms with Gasteiger partial charge in [0.25, 0.3) is 5.91 Å². The van der Waals surface area contributed by atoms with Crippen LogP contribution < -0.4 is 10.6 Å². The number of halogens is 1. The molecule has 0 saturated carbocycles. The van der Waals surface area contributed by atoms with E-state index in [2.05, 4.69) is 26.2 Å². The van der Waals surface area contributed by atoms with Crippen LogP contribution in [0.15, 0.2) is 42.5 Å². The summed E-state index contributed by atoms with van der Waals surface area (Å²) in [5.74, 6) is -0.429. The van der Waals surface area contributed by atoms with Crippen molar-refractivity contribution in [1.82, 2.24) is 25.5 Å². The lowest BCUT2D eigenvalue weighted by Crippen LogP contribution is -2.31. The molecule has 0 aliphatic carbocycles. The molecule has 3 rings (SSSR count). The standard InChI is InChI=1S/C22H25FN6O2/c1-13(2)24-21(30)19-9-8-18(10-14(19)3)25-22(31)20(29-15(4)26-27-28-29)12-16-6-5-7-17(23)11-16/h5-11,13,20H,12H2,1-4H3,(H,24,30)(H,25,31). The Morgan fingerprint density at radius 1 is 1.13 bits per heavy atom. The molecule has 1 atom stereocenters. The van der Waals surface area contributed by atoms with E-state index in [1.807, 2.05) is 13.8 Å². The molecule has 1 heterocycles. The van der Waals surface area contributed by atoms with Gasteiger partial charge in [-0.2, -0.15) is 0 Å². The fraction of sp³-hybridized carbons (Fsp3) is 0.318. The highest BCUT2D eigenvalue weighted by molar-refractivity contribution is 5.98. The summed E-state index contributed by atoms with van der Waals surface area (Å²) >= 11 is 0. The molecule has 1 aromatic heterocycles. The van der Waals surface area contributed by atoms with Crippen molar-refractivity contribution < 1.29 is 14.0 Å². The number of hydrogen-bond donors (Lipinski definition) is 2. The third kappa shape index (κ3) is 5.50. The van der Waals surface area contributed by atoms with Gasteiger partial charge in [0.15, 0.2) is 0 Å². The van der Waals surface area contributed by atoms with Gasteiger partial charge in [0.2, 0.25) is 5.91 Å². The van der Waals surface area contributed by atoms with Crippen LogP contribution in [0.5, 0.6) is 0 Å². The molecule has 0 fully saturated rings. The molecular weight excluding hydrogens is 399 g/mol. The maximum absolute atomic E-state index is 13.6. The predicted molar refractivity (Wildman–Crippen MR) is 114 cm³/mol. The highest BCUT2D eigenvalue weighted by atomic mass is 19.1. The Bertz CT molecular complexity index is 1100. The zero-order chi connectivity index (χ0) is 22.5. The van der Waals surface area contributed by atoms with Gasteiger partial charge in [0.1, 0.15) is 17.7 Å². The van der Waals surface area contributed by atoms with Crippen LogP contribution in [0, 0.1) is 19.7 Å². The Morgan fingerprint density at radius 2 is 1.90 bits per heavy atom. The van der Waals surface area contributed by atoms with E-state index in [4.69, 9.17) is 0 Å². The van der Waals surface area contributed by atoms with Crippen molar-refractivity contribution in [2.45, 2.75) is 46.2 Å². The number of aromatic nitrogens is 4. The summed E-state index contributed by atoms with van der Waals surface area (Å²) < 4.78 is 15.0. The second kappa shape index (κ2) is 9.46. The van der Waals surface area contributed by atoms with Crippen LogP contribution in [0.1, 0.15) is 47.2 Å². The molecule has 0 saturated heterocycles. The first-order valence-corrected chi connectivity index (χ1v) is 9.96. The summed E-state index contributed by atoms with van der Waals surface area (Å²) in [6.07, 6.45) is 0.212. The first kappa shape index (κ1) is 22.1. The Balaban J connectivity index is 1.83. The van der Waals surface area contributed by atoms with E-state index in [1.54, 1.807) is 44.2 Å². The van der Waals surface area contributed by atoms with Crippen LogP contribution >= 0.6 is 0 Å². The smallest absolute Gasteiger partial charge is 0.251 e. The van der Waals surface area contributed by atoms with Gasteiger partial charge in [-0.25, -0.2) is 9.07 Å². The van der Waals surface area contributed by atoms with E-state index in [0.29, 0.717) is 22.6 Å². The molecule has 8 nitrogen and oxygen atoms in total. The lowest BCUT2D eigenvalue weighted by Gasteiger charge is -2.18. The fourth-order valence-corrected chi connectivity index (χ4v) is 3.27. The molecule has 0 bridgehead atoms. The molecule has 9 heteroatoms. The Kier molecular flexibility index (Phi) is 6.74. The zero-order valence-corrected chi connectivity index (χ0v) is 17.9. The molecule has 162 valence electrons. The van der Waals surface area contributed by atoms with Gasteiger partial charge in [0, 0.05) is 23.7 Å². The third-order valence-corrected chi connectivity index (χ3v) is 4.73. The minimum Gasteiger partial charge on any atom is -0.350 e. The zero-order valence-electron chi connectivity index (χ0n) is 17.9. The number of nitrogens with zero attached hydrogens (tertiary/aromatic N) is 4. The van der Waals surface area contributed by atoms with Crippen LogP contribution in [-0.4, -0.2) is 38.1 Å². The number of nitrogens with one attached hydrogen (secondary N) is 2. The van der Waals surface area contributed by atoms with Crippen LogP contribution in [0.3, 0.4) is 0 Å². The van der Waals surface area contributed by atoms with Gasteiger partial charge in [0.05, 0.1) is 0 Å². The molecule has 0 aliphatic heterocycles. The van der Waals surface area contributed by atoms with E-state index >= 15 is 0 Å². The first-order chi connectivity index (χ1) is 14.7. The summed E-state index contributed by atoms with van der Waals surface area (Å²) in [5.41, 5.74) is 2.46. The molecule has 31 heavy (non-hydrogen) atoms. The van der Waals surface area contributed by atoms with E-state index < -0.39 is 6.04 Å². The van der Waals surface area contributed by atoms with E-state index in [0.717, 1.165) is 5.56 Å². The van der Waals surface area contributed by atoms with Crippen molar-refractivity contribution in [3.05, 3.63) is 70.8 Å². The van der Waals surface area contributed by atoms with Crippen LogP contribution in [0.25, 0.3) is 0 Å². The third-order valence-electron chi connectivity index (χ3n) is 4.73. The highest BCUT2D eigenvalue weighted by Gasteiger charge is 2.25. The average Bonchev–Trinajstić information content (AvgIpc) is 3.11. The minimum atomic E-state index is -0.777. The predicted octanol–water partition coefficient (Wildman–Crippen LogP) is 2.99. The van der Waals surface area contributed by atoms with Crippen molar-refractivity contribution in [2.24, 2.45) is 0 Å². The largest absolute Gasteiger partial charge is 0.350 e.